The van der Waals surface area contributed by atoms with Crippen LogP contribution in [0.1, 0.15) is 22.8 Å². The molecule has 0 saturated heterocycles. The summed E-state index contributed by atoms with van der Waals surface area (Å²) in [5, 5.41) is 11.1. The molecule has 2 rings (SSSR count). The third kappa shape index (κ3) is 2.76. The van der Waals surface area contributed by atoms with Gasteiger partial charge in [-0.1, -0.05) is 23.7 Å². The van der Waals surface area contributed by atoms with E-state index in [0.717, 1.165) is 24.3 Å². The Bertz CT molecular complexity index is 553. The first kappa shape index (κ1) is 13.6. The molecule has 1 unspecified atom stereocenters. The molecule has 0 spiro atoms. The second kappa shape index (κ2) is 5.41. The molecule has 1 nitrogen and oxygen atoms in total. The standard InChI is InChI=1S/C12H9Br2ClOS/c1-6-7(3-2-4-9(6)15)11(16)8-5-10(13)17-12(8)14/h2-5,11,16H,1H3. The molecular formula is C12H9Br2ClOS. The summed E-state index contributed by atoms with van der Waals surface area (Å²) in [6, 6.07) is 7.48. The topological polar surface area (TPSA) is 20.2 Å². The van der Waals surface area contributed by atoms with Crippen LogP contribution in [-0.4, -0.2) is 5.11 Å². The molecule has 1 N–H and O–H groups in total. The maximum atomic E-state index is 10.4. The summed E-state index contributed by atoms with van der Waals surface area (Å²) in [5.41, 5.74) is 2.60. The molecule has 0 fully saturated rings. The Kier molecular flexibility index (Phi) is 4.31. The molecule has 0 aliphatic heterocycles. The smallest absolute Gasteiger partial charge is 0.106 e. The average molecular weight is 397 g/mol. The number of rotatable bonds is 2. The van der Waals surface area contributed by atoms with E-state index in [1.807, 2.05) is 31.2 Å². The molecule has 0 aliphatic carbocycles. The SMILES string of the molecule is Cc1c(Cl)cccc1C(O)c1cc(Br)sc1Br. The van der Waals surface area contributed by atoms with Gasteiger partial charge in [0, 0.05) is 10.6 Å². The molecule has 1 aromatic carbocycles. The summed E-state index contributed by atoms with van der Waals surface area (Å²) in [6.45, 7) is 1.91. The molecule has 90 valence electrons. The van der Waals surface area contributed by atoms with Crippen LogP contribution < -0.4 is 0 Å². The predicted octanol–water partition coefficient (Wildman–Crippen LogP) is 5.32. The van der Waals surface area contributed by atoms with Crippen LogP contribution in [0.5, 0.6) is 0 Å². The van der Waals surface area contributed by atoms with Gasteiger partial charge >= 0.3 is 0 Å². The molecule has 1 aromatic heterocycles. The Balaban J connectivity index is 2.47. The Hall–Kier alpha value is 0.130. The van der Waals surface area contributed by atoms with Gasteiger partial charge in [0.1, 0.15) is 6.10 Å². The van der Waals surface area contributed by atoms with E-state index >= 15 is 0 Å². The zero-order valence-corrected chi connectivity index (χ0v) is 13.6. The monoisotopic (exact) mass is 394 g/mol. The Morgan fingerprint density at radius 2 is 2.00 bits per heavy atom. The van der Waals surface area contributed by atoms with Gasteiger partial charge in [-0.25, -0.2) is 0 Å². The second-order valence-electron chi connectivity index (χ2n) is 3.64. The van der Waals surface area contributed by atoms with Crippen LogP contribution in [0.15, 0.2) is 31.8 Å². The van der Waals surface area contributed by atoms with Gasteiger partial charge in [-0.05, 0) is 62.0 Å². The molecule has 5 heteroatoms. The highest BCUT2D eigenvalue weighted by atomic mass is 79.9. The van der Waals surface area contributed by atoms with Gasteiger partial charge in [-0.3, -0.25) is 0 Å². The van der Waals surface area contributed by atoms with Crippen LogP contribution in [0, 0.1) is 6.92 Å². The lowest BCUT2D eigenvalue weighted by Crippen LogP contribution is -2.01. The number of halogens is 3. The first-order chi connectivity index (χ1) is 8.00. The van der Waals surface area contributed by atoms with Crippen LogP contribution >= 0.6 is 54.8 Å². The summed E-state index contributed by atoms with van der Waals surface area (Å²) in [4.78, 5) is 0. The lowest BCUT2D eigenvalue weighted by molar-refractivity contribution is 0.219. The Morgan fingerprint density at radius 1 is 1.29 bits per heavy atom. The van der Waals surface area contributed by atoms with E-state index in [-0.39, 0.29) is 0 Å². The van der Waals surface area contributed by atoms with Gasteiger partial charge in [0.15, 0.2) is 0 Å². The first-order valence-electron chi connectivity index (χ1n) is 4.88. The van der Waals surface area contributed by atoms with E-state index in [9.17, 15) is 5.11 Å². The van der Waals surface area contributed by atoms with Crippen LogP contribution in [0.2, 0.25) is 5.02 Å². The van der Waals surface area contributed by atoms with Crippen molar-refractivity contribution in [2.24, 2.45) is 0 Å². The summed E-state index contributed by atoms with van der Waals surface area (Å²) in [7, 11) is 0. The summed E-state index contributed by atoms with van der Waals surface area (Å²) >= 11 is 14.5. The largest absolute Gasteiger partial charge is 0.384 e. The molecule has 0 radical (unpaired) electrons. The summed E-state index contributed by atoms with van der Waals surface area (Å²) < 4.78 is 1.91. The van der Waals surface area contributed by atoms with Crippen molar-refractivity contribution < 1.29 is 5.11 Å². The van der Waals surface area contributed by atoms with Crippen LogP contribution in [-0.2, 0) is 0 Å². The third-order valence-electron chi connectivity index (χ3n) is 2.58. The quantitative estimate of drug-likeness (QED) is 0.729. The minimum Gasteiger partial charge on any atom is -0.384 e. The van der Waals surface area contributed by atoms with Crippen molar-refractivity contribution in [2.75, 3.05) is 0 Å². The highest BCUT2D eigenvalue weighted by Gasteiger charge is 2.18. The molecule has 17 heavy (non-hydrogen) atoms. The van der Waals surface area contributed by atoms with E-state index in [4.69, 9.17) is 11.6 Å². The van der Waals surface area contributed by atoms with Gasteiger partial charge in [0.25, 0.3) is 0 Å². The molecule has 1 atom stereocenters. The van der Waals surface area contributed by atoms with Crippen LogP contribution in [0.3, 0.4) is 0 Å². The molecular weight excluding hydrogens is 387 g/mol. The number of hydrogen-bond acceptors (Lipinski definition) is 2. The number of hydrogen-bond donors (Lipinski definition) is 1. The minimum atomic E-state index is -0.661. The van der Waals surface area contributed by atoms with Gasteiger partial charge in [0.2, 0.25) is 0 Å². The lowest BCUT2D eigenvalue weighted by atomic mass is 9.99. The van der Waals surface area contributed by atoms with Gasteiger partial charge < -0.3 is 5.11 Å². The van der Waals surface area contributed by atoms with Crippen molar-refractivity contribution in [1.29, 1.82) is 0 Å². The summed E-state index contributed by atoms with van der Waals surface area (Å²) in [6.07, 6.45) is -0.661. The van der Waals surface area contributed by atoms with E-state index in [1.165, 1.54) is 0 Å². The van der Waals surface area contributed by atoms with E-state index in [0.29, 0.717) is 5.02 Å². The third-order valence-corrected chi connectivity index (χ3v) is 5.38. The predicted molar refractivity (Wildman–Crippen MR) is 80.0 cm³/mol. The Morgan fingerprint density at radius 3 is 2.59 bits per heavy atom. The van der Waals surface area contributed by atoms with Gasteiger partial charge in [-0.2, -0.15) is 0 Å². The van der Waals surface area contributed by atoms with E-state index in [2.05, 4.69) is 31.9 Å². The second-order valence-corrected chi connectivity index (χ2v) is 7.79. The zero-order valence-electron chi connectivity index (χ0n) is 8.88. The van der Waals surface area contributed by atoms with Crippen molar-refractivity contribution in [3.63, 3.8) is 0 Å². The molecule has 0 saturated carbocycles. The van der Waals surface area contributed by atoms with Crippen molar-refractivity contribution in [3.8, 4) is 0 Å². The highest BCUT2D eigenvalue weighted by Crippen LogP contribution is 2.39. The lowest BCUT2D eigenvalue weighted by Gasteiger charge is -2.14. The number of aliphatic hydroxyl groups is 1. The average Bonchev–Trinajstić information content (AvgIpc) is 2.61. The molecule has 0 aliphatic rings. The molecule has 0 amide bonds. The fourth-order valence-electron chi connectivity index (χ4n) is 1.63. The van der Waals surface area contributed by atoms with Crippen molar-refractivity contribution in [2.45, 2.75) is 13.0 Å². The number of thiophene rings is 1. The molecule has 1 heterocycles. The van der Waals surface area contributed by atoms with Gasteiger partial charge in [0.05, 0.1) is 7.57 Å². The fourth-order valence-corrected chi connectivity index (χ4v) is 4.69. The minimum absolute atomic E-state index is 0.661. The van der Waals surface area contributed by atoms with Crippen LogP contribution in [0.25, 0.3) is 0 Å². The van der Waals surface area contributed by atoms with Crippen molar-refractivity contribution in [1.82, 2.24) is 0 Å². The van der Waals surface area contributed by atoms with E-state index in [1.54, 1.807) is 11.3 Å². The maximum Gasteiger partial charge on any atom is 0.106 e. The molecule has 0 bridgehead atoms. The fraction of sp³-hybridized carbons (Fsp3) is 0.167. The highest BCUT2D eigenvalue weighted by molar-refractivity contribution is 9.12. The maximum absolute atomic E-state index is 10.4. The first-order valence-corrected chi connectivity index (χ1v) is 7.66. The molecule has 2 aromatic rings. The van der Waals surface area contributed by atoms with Crippen molar-refractivity contribution in [3.05, 3.63) is 53.6 Å². The zero-order chi connectivity index (χ0) is 12.6. The van der Waals surface area contributed by atoms with E-state index < -0.39 is 6.10 Å². The number of aliphatic hydroxyl groups excluding tert-OH is 1. The Labute approximate surface area is 126 Å². The van der Waals surface area contributed by atoms with Gasteiger partial charge in [-0.15, -0.1) is 11.3 Å². The summed E-state index contributed by atoms with van der Waals surface area (Å²) in [5.74, 6) is 0. The number of benzene rings is 1. The normalized spacial score (nSPS) is 12.8. The van der Waals surface area contributed by atoms with Crippen molar-refractivity contribution >= 4 is 54.8 Å². The van der Waals surface area contributed by atoms with Crippen LogP contribution in [0.4, 0.5) is 0 Å².